The molecule has 1 rings (SSSR count). The summed E-state index contributed by atoms with van der Waals surface area (Å²) in [6.07, 6.45) is 3.20. The molecular formula is C17H36O5Si. The van der Waals surface area contributed by atoms with Gasteiger partial charge in [-0.3, -0.25) is 0 Å². The van der Waals surface area contributed by atoms with Gasteiger partial charge in [-0.2, -0.15) is 0 Å². The monoisotopic (exact) mass is 348 g/mol. The van der Waals surface area contributed by atoms with Crippen molar-refractivity contribution in [1.82, 2.24) is 0 Å². The molecule has 6 heteroatoms. The van der Waals surface area contributed by atoms with E-state index < -0.39 is 8.80 Å². The van der Waals surface area contributed by atoms with Crippen LogP contribution in [0.2, 0.25) is 6.04 Å². The van der Waals surface area contributed by atoms with Gasteiger partial charge in [0.2, 0.25) is 0 Å². The van der Waals surface area contributed by atoms with Crippen LogP contribution in [0.3, 0.4) is 0 Å². The van der Waals surface area contributed by atoms with E-state index in [1.807, 2.05) is 20.8 Å². The second kappa shape index (κ2) is 10.8. The third-order valence-corrected chi connectivity index (χ3v) is 7.58. The van der Waals surface area contributed by atoms with Gasteiger partial charge in [0, 0.05) is 37.9 Å². The van der Waals surface area contributed by atoms with Crippen LogP contribution in [-0.4, -0.2) is 54.5 Å². The van der Waals surface area contributed by atoms with Crippen molar-refractivity contribution in [3.05, 3.63) is 0 Å². The van der Waals surface area contributed by atoms with Gasteiger partial charge in [0.25, 0.3) is 0 Å². The standard InChI is InChI=1S/C17H36O5Si/c1-6-12-19-16(17(7-2)14-18-15-17)11-13-23(20-8-3,21-9-4)22-10-5/h16H,6-15H2,1-5H3. The summed E-state index contributed by atoms with van der Waals surface area (Å²) in [4.78, 5) is 0. The van der Waals surface area contributed by atoms with E-state index in [1.165, 1.54) is 0 Å². The Labute approximate surface area is 143 Å². The molecule has 1 heterocycles. The maximum Gasteiger partial charge on any atom is 0.501 e. The summed E-state index contributed by atoms with van der Waals surface area (Å²) in [6.45, 7) is 14.6. The number of hydrogen-bond acceptors (Lipinski definition) is 5. The van der Waals surface area contributed by atoms with Crippen LogP contribution in [-0.2, 0) is 22.8 Å². The average molecular weight is 349 g/mol. The normalized spacial score (nSPS) is 18.7. The Bertz CT molecular complexity index is 287. The van der Waals surface area contributed by atoms with Crippen LogP contribution in [0.1, 0.15) is 53.9 Å². The molecule has 1 atom stereocenters. The summed E-state index contributed by atoms with van der Waals surface area (Å²) in [5.41, 5.74) is 0.153. The first-order chi connectivity index (χ1) is 11.1. The van der Waals surface area contributed by atoms with Gasteiger partial charge >= 0.3 is 8.80 Å². The summed E-state index contributed by atoms with van der Waals surface area (Å²) in [5.74, 6) is 0. The minimum atomic E-state index is -2.60. The van der Waals surface area contributed by atoms with E-state index >= 15 is 0 Å². The van der Waals surface area contributed by atoms with Gasteiger partial charge in [0.05, 0.1) is 19.3 Å². The topological polar surface area (TPSA) is 46.2 Å². The van der Waals surface area contributed by atoms with Crippen LogP contribution >= 0.6 is 0 Å². The predicted octanol–water partition coefficient (Wildman–Crippen LogP) is 3.65. The fourth-order valence-corrected chi connectivity index (χ4v) is 5.74. The fourth-order valence-electron chi connectivity index (χ4n) is 3.12. The molecule has 1 fully saturated rings. The molecule has 0 spiro atoms. The van der Waals surface area contributed by atoms with Crippen LogP contribution in [0.5, 0.6) is 0 Å². The summed E-state index contributed by atoms with van der Waals surface area (Å²) in [6, 6.07) is 0.804. The molecule has 23 heavy (non-hydrogen) atoms. The van der Waals surface area contributed by atoms with E-state index in [4.69, 9.17) is 22.8 Å². The Balaban J connectivity index is 2.75. The quantitative estimate of drug-likeness (QED) is 0.448. The smallest absolute Gasteiger partial charge is 0.380 e. The number of hydrogen-bond donors (Lipinski definition) is 0. The molecule has 0 bridgehead atoms. The van der Waals surface area contributed by atoms with Crippen molar-refractivity contribution in [2.45, 2.75) is 66.0 Å². The van der Waals surface area contributed by atoms with Crippen molar-refractivity contribution in [2.75, 3.05) is 39.6 Å². The van der Waals surface area contributed by atoms with Crippen molar-refractivity contribution in [1.29, 1.82) is 0 Å². The highest BCUT2D eigenvalue weighted by Crippen LogP contribution is 2.40. The summed E-state index contributed by atoms with van der Waals surface area (Å²) in [7, 11) is -2.60. The molecule has 0 N–H and O–H groups in total. The van der Waals surface area contributed by atoms with Crippen LogP contribution in [0.15, 0.2) is 0 Å². The first kappa shape index (κ1) is 21.1. The number of ether oxygens (including phenoxy) is 2. The highest BCUT2D eigenvalue weighted by atomic mass is 28.4. The minimum absolute atomic E-state index is 0.153. The lowest BCUT2D eigenvalue weighted by Gasteiger charge is -2.47. The van der Waals surface area contributed by atoms with E-state index in [-0.39, 0.29) is 11.5 Å². The maximum atomic E-state index is 6.19. The molecule has 0 aromatic heterocycles. The third-order valence-electron chi connectivity index (χ3n) is 4.49. The van der Waals surface area contributed by atoms with Crippen LogP contribution < -0.4 is 0 Å². The lowest BCUT2D eigenvalue weighted by Crippen LogP contribution is -2.54. The molecule has 5 nitrogen and oxygen atoms in total. The van der Waals surface area contributed by atoms with E-state index in [1.54, 1.807) is 0 Å². The molecule has 0 aromatic rings. The first-order valence-corrected chi connectivity index (χ1v) is 11.2. The second-order valence-corrected chi connectivity index (χ2v) is 8.82. The lowest BCUT2D eigenvalue weighted by atomic mass is 9.76. The highest BCUT2D eigenvalue weighted by Gasteiger charge is 2.48. The molecule has 1 aliphatic rings. The Kier molecular flexibility index (Phi) is 9.88. The molecule has 0 aromatic carbocycles. The second-order valence-electron chi connectivity index (χ2n) is 6.09. The van der Waals surface area contributed by atoms with Crippen molar-refractivity contribution >= 4 is 8.80 Å². The molecule has 0 radical (unpaired) electrons. The van der Waals surface area contributed by atoms with Crippen molar-refractivity contribution in [2.24, 2.45) is 5.41 Å². The van der Waals surface area contributed by atoms with E-state index in [2.05, 4.69) is 13.8 Å². The molecule has 0 aliphatic carbocycles. The zero-order valence-electron chi connectivity index (χ0n) is 15.7. The van der Waals surface area contributed by atoms with Crippen LogP contribution in [0, 0.1) is 5.41 Å². The maximum absolute atomic E-state index is 6.19. The summed E-state index contributed by atoms with van der Waals surface area (Å²) in [5, 5.41) is 0. The predicted molar refractivity (Wildman–Crippen MR) is 93.6 cm³/mol. The van der Waals surface area contributed by atoms with Gasteiger partial charge in [-0.1, -0.05) is 13.8 Å². The molecule has 138 valence electrons. The van der Waals surface area contributed by atoms with Gasteiger partial charge in [-0.25, -0.2) is 0 Å². The molecule has 0 saturated carbocycles. The summed E-state index contributed by atoms with van der Waals surface area (Å²) < 4.78 is 29.6. The van der Waals surface area contributed by atoms with Gasteiger partial charge in [-0.05, 0) is 40.0 Å². The molecule has 1 aliphatic heterocycles. The zero-order valence-corrected chi connectivity index (χ0v) is 16.7. The van der Waals surface area contributed by atoms with E-state index in [0.29, 0.717) is 19.8 Å². The van der Waals surface area contributed by atoms with E-state index in [0.717, 1.165) is 45.1 Å². The molecule has 1 saturated heterocycles. The van der Waals surface area contributed by atoms with Gasteiger partial charge in [-0.15, -0.1) is 0 Å². The lowest BCUT2D eigenvalue weighted by molar-refractivity contribution is -0.190. The average Bonchev–Trinajstić information content (AvgIpc) is 2.49. The van der Waals surface area contributed by atoms with Gasteiger partial charge in [0.1, 0.15) is 0 Å². The Morgan fingerprint density at radius 1 is 0.957 bits per heavy atom. The minimum Gasteiger partial charge on any atom is -0.380 e. The summed E-state index contributed by atoms with van der Waals surface area (Å²) >= 11 is 0. The number of rotatable bonds is 14. The Hall–Kier alpha value is 0.0169. The first-order valence-electron chi connectivity index (χ1n) is 9.23. The Morgan fingerprint density at radius 3 is 1.87 bits per heavy atom. The Morgan fingerprint density at radius 2 is 1.52 bits per heavy atom. The molecular weight excluding hydrogens is 312 g/mol. The molecule has 1 unspecified atom stereocenters. The SMILES string of the molecule is CCCOC(CC[Si](OCC)(OCC)OCC)C1(CC)COC1. The zero-order chi connectivity index (χ0) is 17.2. The molecule has 0 amide bonds. The largest absolute Gasteiger partial charge is 0.501 e. The van der Waals surface area contributed by atoms with Crippen LogP contribution in [0.25, 0.3) is 0 Å². The van der Waals surface area contributed by atoms with Gasteiger partial charge in [0.15, 0.2) is 0 Å². The van der Waals surface area contributed by atoms with Crippen molar-refractivity contribution in [3.63, 3.8) is 0 Å². The van der Waals surface area contributed by atoms with Gasteiger partial charge < -0.3 is 22.8 Å². The highest BCUT2D eigenvalue weighted by molar-refractivity contribution is 6.60. The van der Waals surface area contributed by atoms with Crippen molar-refractivity contribution < 1.29 is 22.8 Å². The van der Waals surface area contributed by atoms with Crippen LogP contribution in [0.4, 0.5) is 0 Å². The fraction of sp³-hybridized carbons (Fsp3) is 1.00. The van der Waals surface area contributed by atoms with Crippen molar-refractivity contribution in [3.8, 4) is 0 Å². The van der Waals surface area contributed by atoms with E-state index in [9.17, 15) is 0 Å². The third kappa shape index (κ3) is 5.79.